The van der Waals surface area contributed by atoms with Crippen molar-refractivity contribution < 1.29 is 4.74 Å². The summed E-state index contributed by atoms with van der Waals surface area (Å²) in [5, 5.41) is 1.14. The summed E-state index contributed by atoms with van der Waals surface area (Å²) in [7, 11) is 0. The number of hydrogen-bond donors (Lipinski definition) is 1. The lowest BCUT2D eigenvalue weighted by Gasteiger charge is -2.03. The molecule has 2 N–H and O–H groups in total. The van der Waals surface area contributed by atoms with Gasteiger partial charge in [-0.15, -0.1) is 0 Å². The largest absolute Gasteiger partial charge is 0.375 e. The average molecular weight is 202 g/mol. The standard InChI is InChI=1S/C12H14N2O/c13-5-7-15-9-10-3-4-12-11(8-10)2-1-6-14-12/h1-4,6,8H,5,7,9,13H2. The number of fused-ring (bicyclic) bond motifs is 1. The molecular weight excluding hydrogens is 188 g/mol. The summed E-state index contributed by atoms with van der Waals surface area (Å²) in [5.41, 5.74) is 7.52. The Balaban J connectivity index is 2.16. The Morgan fingerprint density at radius 1 is 1.27 bits per heavy atom. The average Bonchev–Trinajstić information content (AvgIpc) is 2.29. The highest BCUT2D eigenvalue weighted by Crippen LogP contribution is 2.13. The minimum Gasteiger partial charge on any atom is -0.375 e. The highest BCUT2D eigenvalue weighted by atomic mass is 16.5. The maximum Gasteiger partial charge on any atom is 0.0717 e. The molecule has 0 saturated heterocycles. The highest BCUT2D eigenvalue weighted by Gasteiger charge is 1.96. The first kappa shape index (κ1) is 10.1. The fraction of sp³-hybridized carbons (Fsp3) is 0.250. The predicted octanol–water partition coefficient (Wildman–Crippen LogP) is 1.71. The molecule has 0 radical (unpaired) electrons. The number of nitrogens with two attached hydrogens (primary N) is 1. The summed E-state index contributed by atoms with van der Waals surface area (Å²) in [6, 6.07) is 10.1. The Bertz CT molecular complexity index is 442. The second kappa shape index (κ2) is 4.87. The second-order valence-electron chi connectivity index (χ2n) is 3.37. The monoisotopic (exact) mass is 202 g/mol. The van der Waals surface area contributed by atoms with Crippen molar-refractivity contribution >= 4 is 10.9 Å². The van der Waals surface area contributed by atoms with E-state index in [1.807, 2.05) is 18.2 Å². The van der Waals surface area contributed by atoms with E-state index < -0.39 is 0 Å². The third-order valence-electron chi connectivity index (χ3n) is 2.20. The normalized spacial score (nSPS) is 10.7. The number of hydrogen-bond acceptors (Lipinski definition) is 3. The van der Waals surface area contributed by atoms with Crippen molar-refractivity contribution in [3.05, 3.63) is 42.1 Å². The molecule has 0 aliphatic carbocycles. The summed E-state index contributed by atoms with van der Waals surface area (Å²) in [5.74, 6) is 0. The molecule has 0 fully saturated rings. The maximum atomic E-state index is 5.37. The minimum atomic E-state index is 0.565. The van der Waals surface area contributed by atoms with Gasteiger partial charge in [0.15, 0.2) is 0 Å². The predicted molar refractivity (Wildman–Crippen MR) is 60.5 cm³/mol. The van der Waals surface area contributed by atoms with Crippen LogP contribution in [0.25, 0.3) is 10.9 Å². The molecule has 0 unspecified atom stereocenters. The van der Waals surface area contributed by atoms with Crippen molar-refractivity contribution in [2.75, 3.05) is 13.2 Å². The summed E-state index contributed by atoms with van der Waals surface area (Å²) < 4.78 is 5.37. The number of benzene rings is 1. The van der Waals surface area contributed by atoms with E-state index in [4.69, 9.17) is 10.5 Å². The number of nitrogens with zero attached hydrogens (tertiary/aromatic N) is 1. The quantitative estimate of drug-likeness (QED) is 0.768. The van der Waals surface area contributed by atoms with Gasteiger partial charge in [-0.05, 0) is 23.8 Å². The van der Waals surface area contributed by atoms with Crippen LogP contribution >= 0.6 is 0 Å². The highest BCUT2D eigenvalue weighted by molar-refractivity contribution is 5.78. The van der Waals surface area contributed by atoms with Crippen LogP contribution in [0.3, 0.4) is 0 Å². The third kappa shape index (κ3) is 2.52. The van der Waals surface area contributed by atoms with E-state index in [9.17, 15) is 0 Å². The van der Waals surface area contributed by atoms with E-state index in [1.54, 1.807) is 6.20 Å². The fourth-order valence-electron chi connectivity index (χ4n) is 1.49. The van der Waals surface area contributed by atoms with Gasteiger partial charge in [0, 0.05) is 18.1 Å². The molecule has 78 valence electrons. The van der Waals surface area contributed by atoms with Crippen LogP contribution in [-0.4, -0.2) is 18.1 Å². The molecule has 15 heavy (non-hydrogen) atoms. The lowest BCUT2D eigenvalue weighted by Crippen LogP contribution is -2.08. The lowest BCUT2D eigenvalue weighted by molar-refractivity contribution is 0.128. The van der Waals surface area contributed by atoms with Gasteiger partial charge >= 0.3 is 0 Å². The smallest absolute Gasteiger partial charge is 0.0717 e. The number of rotatable bonds is 4. The molecule has 0 amide bonds. The SMILES string of the molecule is NCCOCc1ccc2ncccc2c1. The zero-order valence-electron chi connectivity index (χ0n) is 8.52. The maximum absolute atomic E-state index is 5.37. The van der Waals surface area contributed by atoms with Gasteiger partial charge in [-0.2, -0.15) is 0 Å². The van der Waals surface area contributed by atoms with Gasteiger partial charge < -0.3 is 10.5 Å². The molecular formula is C12H14N2O. The van der Waals surface area contributed by atoms with E-state index in [0.29, 0.717) is 19.8 Å². The van der Waals surface area contributed by atoms with Crippen molar-refractivity contribution in [3.8, 4) is 0 Å². The molecule has 0 aliphatic rings. The number of pyridine rings is 1. The molecule has 0 atom stereocenters. The molecule has 0 saturated carbocycles. The van der Waals surface area contributed by atoms with Gasteiger partial charge in [0.05, 0.1) is 18.7 Å². The molecule has 2 rings (SSSR count). The van der Waals surface area contributed by atoms with Gasteiger partial charge in [-0.1, -0.05) is 12.1 Å². The number of ether oxygens (including phenoxy) is 1. The van der Waals surface area contributed by atoms with Gasteiger partial charge in [0.1, 0.15) is 0 Å². The third-order valence-corrected chi connectivity index (χ3v) is 2.20. The van der Waals surface area contributed by atoms with E-state index in [1.165, 1.54) is 0 Å². The van der Waals surface area contributed by atoms with Gasteiger partial charge in [-0.25, -0.2) is 0 Å². The second-order valence-corrected chi connectivity index (χ2v) is 3.37. The van der Waals surface area contributed by atoms with E-state index >= 15 is 0 Å². The molecule has 0 bridgehead atoms. The Morgan fingerprint density at radius 3 is 3.07 bits per heavy atom. The number of aromatic nitrogens is 1. The van der Waals surface area contributed by atoms with Gasteiger partial charge in [-0.3, -0.25) is 4.98 Å². The Hall–Kier alpha value is -1.45. The van der Waals surface area contributed by atoms with Gasteiger partial charge in [0.25, 0.3) is 0 Å². The molecule has 3 nitrogen and oxygen atoms in total. The molecule has 1 aromatic heterocycles. The Labute approximate surface area is 88.9 Å². The van der Waals surface area contributed by atoms with Crippen LogP contribution in [-0.2, 0) is 11.3 Å². The zero-order valence-corrected chi connectivity index (χ0v) is 8.52. The summed E-state index contributed by atoms with van der Waals surface area (Å²) in [4.78, 5) is 4.26. The first-order valence-electron chi connectivity index (χ1n) is 5.01. The van der Waals surface area contributed by atoms with E-state index in [0.717, 1.165) is 16.5 Å². The first-order valence-corrected chi connectivity index (χ1v) is 5.01. The molecule has 0 aliphatic heterocycles. The van der Waals surface area contributed by atoms with Crippen LogP contribution in [0, 0.1) is 0 Å². The topological polar surface area (TPSA) is 48.1 Å². The van der Waals surface area contributed by atoms with Crippen molar-refractivity contribution in [2.24, 2.45) is 5.73 Å². The van der Waals surface area contributed by atoms with Crippen LogP contribution in [0.5, 0.6) is 0 Å². The minimum absolute atomic E-state index is 0.565. The Morgan fingerprint density at radius 2 is 2.20 bits per heavy atom. The summed E-state index contributed by atoms with van der Waals surface area (Å²) in [6.45, 7) is 1.78. The molecule has 1 aromatic carbocycles. The van der Waals surface area contributed by atoms with Crippen LogP contribution < -0.4 is 5.73 Å². The fourth-order valence-corrected chi connectivity index (χ4v) is 1.49. The van der Waals surface area contributed by atoms with Crippen LogP contribution in [0.15, 0.2) is 36.5 Å². The van der Waals surface area contributed by atoms with Crippen LogP contribution in [0.1, 0.15) is 5.56 Å². The lowest BCUT2D eigenvalue weighted by atomic mass is 10.1. The van der Waals surface area contributed by atoms with Crippen LogP contribution in [0.2, 0.25) is 0 Å². The van der Waals surface area contributed by atoms with Crippen molar-refractivity contribution in [3.63, 3.8) is 0 Å². The summed E-state index contributed by atoms with van der Waals surface area (Å²) in [6.07, 6.45) is 1.80. The Kier molecular flexibility index (Phi) is 3.27. The van der Waals surface area contributed by atoms with Crippen molar-refractivity contribution in [2.45, 2.75) is 6.61 Å². The molecule has 0 spiro atoms. The molecule has 3 heteroatoms. The van der Waals surface area contributed by atoms with E-state index in [2.05, 4.69) is 17.1 Å². The van der Waals surface area contributed by atoms with Crippen molar-refractivity contribution in [1.29, 1.82) is 0 Å². The first-order chi connectivity index (χ1) is 7.40. The summed E-state index contributed by atoms with van der Waals surface area (Å²) >= 11 is 0. The zero-order chi connectivity index (χ0) is 10.5. The van der Waals surface area contributed by atoms with E-state index in [-0.39, 0.29) is 0 Å². The van der Waals surface area contributed by atoms with Crippen molar-refractivity contribution in [1.82, 2.24) is 4.98 Å². The van der Waals surface area contributed by atoms with Gasteiger partial charge in [0.2, 0.25) is 0 Å². The molecule has 2 aromatic rings. The molecule has 1 heterocycles. The van der Waals surface area contributed by atoms with Crippen LogP contribution in [0.4, 0.5) is 0 Å².